The number of nitrogens with zero attached hydrogens (tertiary/aromatic N) is 1. The molecule has 1 aromatic rings. The van der Waals surface area contributed by atoms with E-state index in [1.165, 1.54) is 5.56 Å². The molecule has 1 aromatic heterocycles. The average molecular weight is 254 g/mol. The summed E-state index contributed by atoms with van der Waals surface area (Å²) in [7, 11) is 0. The van der Waals surface area contributed by atoms with E-state index in [0.29, 0.717) is 26.3 Å². The molecule has 17 heavy (non-hydrogen) atoms. The van der Waals surface area contributed by atoms with Crippen molar-refractivity contribution in [3.8, 4) is 0 Å². The fraction of sp³-hybridized carbons (Fsp3) is 0.583. The molecule has 0 bridgehead atoms. The van der Waals surface area contributed by atoms with E-state index >= 15 is 0 Å². The first-order chi connectivity index (χ1) is 8.25. The lowest BCUT2D eigenvalue weighted by atomic mass is 10.1. The first kappa shape index (κ1) is 12.4. The number of hydrogen-bond acceptors (Lipinski definition) is 3. The summed E-state index contributed by atoms with van der Waals surface area (Å²) in [6.07, 6.45) is 0.888. The van der Waals surface area contributed by atoms with Gasteiger partial charge in [0.2, 0.25) is 0 Å². The number of carbonyl (C=O) groups is 1. The van der Waals surface area contributed by atoms with Gasteiger partial charge in [-0.3, -0.25) is 0 Å². The van der Waals surface area contributed by atoms with Crippen molar-refractivity contribution in [2.45, 2.75) is 19.4 Å². The van der Waals surface area contributed by atoms with Crippen molar-refractivity contribution in [1.82, 2.24) is 10.2 Å². The molecule has 0 spiro atoms. The normalized spacial score (nSPS) is 17.8. The molecule has 4 nitrogen and oxygen atoms in total. The van der Waals surface area contributed by atoms with E-state index in [-0.39, 0.29) is 12.1 Å². The monoisotopic (exact) mass is 254 g/mol. The second kappa shape index (κ2) is 6.02. The molecule has 0 saturated carbocycles. The lowest BCUT2D eigenvalue weighted by Gasteiger charge is -2.28. The van der Waals surface area contributed by atoms with Crippen LogP contribution < -0.4 is 5.32 Å². The van der Waals surface area contributed by atoms with Crippen LogP contribution in [0.25, 0.3) is 0 Å². The molecule has 1 fully saturated rings. The summed E-state index contributed by atoms with van der Waals surface area (Å²) in [4.78, 5) is 13.7. The van der Waals surface area contributed by atoms with E-state index in [2.05, 4.69) is 22.1 Å². The molecule has 0 aromatic carbocycles. The van der Waals surface area contributed by atoms with Gasteiger partial charge in [0.15, 0.2) is 0 Å². The summed E-state index contributed by atoms with van der Waals surface area (Å²) in [5.74, 6) is 0. The highest BCUT2D eigenvalue weighted by Crippen LogP contribution is 2.09. The predicted molar refractivity (Wildman–Crippen MR) is 68.4 cm³/mol. The molecule has 1 saturated heterocycles. The molecular formula is C12H18N2O2S. The molecule has 2 heterocycles. The van der Waals surface area contributed by atoms with Crippen LogP contribution in [0.5, 0.6) is 0 Å². The van der Waals surface area contributed by atoms with E-state index in [1.807, 2.05) is 11.8 Å². The van der Waals surface area contributed by atoms with Crippen molar-refractivity contribution in [3.05, 3.63) is 22.4 Å². The molecule has 1 unspecified atom stereocenters. The molecule has 1 aliphatic rings. The third-order valence-corrected chi connectivity index (χ3v) is 3.52. The number of amides is 2. The molecule has 1 aliphatic heterocycles. The maximum Gasteiger partial charge on any atom is 0.317 e. The molecule has 1 N–H and O–H groups in total. The van der Waals surface area contributed by atoms with Crippen molar-refractivity contribution >= 4 is 17.4 Å². The summed E-state index contributed by atoms with van der Waals surface area (Å²) in [5.41, 5.74) is 1.28. The largest absolute Gasteiger partial charge is 0.378 e. The zero-order valence-electron chi connectivity index (χ0n) is 10.0. The summed E-state index contributed by atoms with van der Waals surface area (Å²) >= 11 is 1.69. The molecule has 94 valence electrons. The van der Waals surface area contributed by atoms with E-state index in [4.69, 9.17) is 4.74 Å². The van der Waals surface area contributed by atoms with Crippen molar-refractivity contribution in [2.75, 3.05) is 26.3 Å². The van der Waals surface area contributed by atoms with Gasteiger partial charge in [-0.25, -0.2) is 4.79 Å². The van der Waals surface area contributed by atoms with E-state index in [9.17, 15) is 4.79 Å². The van der Waals surface area contributed by atoms with Gasteiger partial charge in [0, 0.05) is 19.1 Å². The van der Waals surface area contributed by atoms with Crippen LogP contribution in [0.3, 0.4) is 0 Å². The summed E-state index contributed by atoms with van der Waals surface area (Å²) in [6, 6.07) is 2.29. The zero-order valence-corrected chi connectivity index (χ0v) is 10.8. The van der Waals surface area contributed by atoms with Gasteiger partial charge in [-0.15, -0.1) is 0 Å². The second-order valence-corrected chi connectivity index (χ2v) is 5.07. The number of rotatable bonds is 3. The van der Waals surface area contributed by atoms with Crippen LogP contribution in [0.1, 0.15) is 12.5 Å². The predicted octanol–water partition coefficient (Wildman–Crippen LogP) is 1.72. The van der Waals surface area contributed by atoms with E-state index < -0.39 is 0 Å². The summed E-state index contributed by atoms with van der Waals surface area (Å²) < 4.78 is 5.22. The number of ether oxygens (including phenoxy) is 1. The Morgan fingerprint density at radius 3 is 3.00 bits per heavy atom. The average Bonchev–Trinajstić information content (AvgIpc) is 2.82. The SMILES string of the molecule is CC(Cc1ccsc1)NC(=O)N1CCOCC1. The highest BCUT2D eigenvalue weighted by molar-refractivity contribution is 7.07. The Bertz CT molecular complexity index is 347. The minimum Gasteiger partial charge on any atom is -0.378 e. The quantitative estimate of drug-likeness (QED) is 0.892. The number of carbonyl (C=O) groups excluding carboxylic acids is 1. The van der Waals surface area contributed by atoms with Gasteiger partial charge in [0.05, 0.1) is 13.2 Å². The minimum atomic E-state index is 0.0241. The van der Waals surface area contributed by atoms with Crippen LogP contribution in [0, 0.1) is 0 Å². The number of hydrogen-bond donors (Lipinski definition) is 1. The lowest BCUT2D eigenvalue weighted by molar-refractivity contribution is 0.0526. The number of urea groups is 1. The lowest BCUT2D eigenvalue weighted by Crippen LogP contribution is -2.49. The van der Waals surface area contributed by atoms with Gasteiger partial charge < -0.3 is 15.0 Å². The van der Waals surface area contributed by atoms with Crippen LogP contribution in [0.4, 0.5) is 4.79 Å². The van der Waals surface area contributed by atoms with Gasteiger partial charge >= 0.3 is 6.03 Å². The Labute approximate surface area is 106 Å². The van der Waals surface area contributed by atoms with Gasteiger partial charge in [0.25, 0.3) is 0 Å². The zero-order chi connectivity index (χ0) is 12.1. The van der Waals surface area contributed by atoms with Crippen molar-refractivity contribution < 1.29 is 9.53 Å². The summed E-state index contributed by atoms with van der Waals surface area (Å²) in [6.45, 7) is 4.71. The van der Waals surface area contributed by atoms with Gasteiger partial charge in [-0.1, -0.05) is 0 Å². The van der Waals surface area contributed by atoms with Crippen LogP contribution in [-0.2, 0) is 11.2 Å². The number of nitrogens with one attached hydrogen (secondary N) is 1. The minimum absolute atomic E-state index is 0.0241. The highest BCUT2D eigenvalue weighted by atomic mass is 32.1. The van der Waals surface area contributed by atoms with Crippen molar-refractivity contribution in [1.29, 1.82) is 0 Å². The van der Waals surface area contributed by atoms with Gasteiger partial charge in [-0.2, -0.15) is 11.3 Å². The van der Waals surface area contributed by atoms with Gasteiger partial charge in [-0.05, 0) is 35.7 Å². The molecule has 0 radical (unpaired) electrons. The molecular weight excluding hydrogens is 236 g/mol. The Hall–Kier alpha value is -1.07. The molecule has 1 atom stereocenters. The van der Waals surface area contributed by atoms with Gasteiger partial charge in [0.1, 0.15) is 0 Å². The Morgan fingerprint density at radius 1 is 1.59 bits per heavy atom. The van der Waals surface area contributed by atoms with Crippen LogP contribution in [0.2, 0.25) is 0 Å². The molecule has 2 amide bonds. The fourth-order valence-electron chi connectivity index (χ4n) is 1.88. The summed E-state index contributed by atoms with van der Waals surface area (Å²) in [5, 5.41) is 7.21. The standard InChI is InChI=1S/C12H18N2O2S/c1-10(8-11-2-7-17-9-11)13-12(15)14-3-5-16-6-4-14/h2,7,9-10H,3-6,8H2,1H3,(H,13,15). The number of morpholine rings is 1. The Balaban J connectivity index is 1.77. The fourth-order valence-corrected chi connectivity index (χ4v) is 2.56. The molecule has 0 aliphatic carbocycles. The smallest absolute Gasteiger partial charge is 0.317 e. The first-order valence-electron chi connectivity index (χ1n) is 5.90. The number of thiophene rings is 1. The van der Waals surface area contributed by atoms with E-state index in [1.54, 1.807) is 11.3 Å². The molecule has 2 rings (SSSR count). The Kier molecular flexibility index (Phi) is 4.39. The maximum absolute atomic E-state index is 11.9. The van der Waals surface area contributed by atoms with Crippen molar-refractivity contribution in [2.24, 2.45) is 0 Å². The van der Waals surface area contributed by atoms with Crippen LogP contribution in [-0.4, -0.2) is 43.3 Å². The van der Waals surface area contributed by atoms with Crippen molar-refractivity contribution in [3.63, 3.8) is 0 Å². The first-order valence-corrected chi connectivity index (χ1v) is 6.84. The second-order valence-electron chi connectivity index (χ2n) is 4.29. The van der Waals surface area contributed by atoms with E-state index in [0.717, 1.165) is 6.42 Å². The third-order valence-electron chi connectivity index (χ3n) is 2.79. The maximum atomic E-state index is 11.9. The Morgan fingerprint density at radius 2 is 2.35 bits per heavy atom. The molecule has 5 heteroatoms. The highest BCUT2D eigenvalue weighted by Gasteiger charge is 2.18. The van der Waals surface area contributed by atoms with Crippen LogP contribution >= 0.6 is 11.3 Å². The topological polar surface area (TPSA) is 41.6 Å². The van der Waals surface area contributed by atoms with Crippen LogP contribution in [0.15, 0.2) is 16.8 Å². The third kappa shape index (κ3) is 3.71.